The molecule has 0 bridgehead atoms. The zero-order valence-corrected chi connectivity index (χ0v) is 17.9. The molecule has 5 rings (SSSR count). The van der Waals surface area contributed by atoms with Crippen LogP contribution in [0.25, 0.3) is 27.9 Å². The lowest BCUT2D eigenvalue weighted by molar-refractivity contribution is 0.331. The average molecular weight is 430 g/mol. The van der Waals surface area contributed by atoms with Crippen LogP contribution >= 0.6 is 0 Å². The summed E-state index contributed by atoms with van der Waals surface area (Å²) in [6, 6.07) is 3.81. The van der Waals surface area contributed by atoms with Crippen molar-refractivity contribution >= 4 is 22.3 Å². The lowest BCUT2D eigenvalue weighted by atomic mass is 10.1. The molecular weight excluding hydrogens is 405 g/mol. The summed E-state index contributed by atoms with van der Waals surface area (Å²) in [6.07, 6.45) is 11.0. The van der Waals surface area contributed by atoms with Crippen LogP contribution in [0, 0.1) is 12.7 Å². The molecule has 0 unspecified atom stereocenters. The molecule has 5 heterocycles. The van der Waals surface area contributed by atoms with Crippen molar-refractivity contribution in [2.24, 2.45) is 0 Å². The highest BCUT2D eigenvalue weighted by molar-refractivity contribution is 5.94. The van der Waals surface area contributed by atoms with Crippen LogP contribution in [-0.4, -0.2) is 43.1 Å². The highest BCUT2D eigenvalue weighted by Gasteiger charge is 2.20. The van der Waals surface area contributed by atoms with E-state index in [9.17, 15) is 0 Å². The fourth-order valence-electron chi connectivity index (χ4n) is 4.13. The number of H-pyrrole nitrogens is 1. The Hall–Kier alpha value is -3.65. The van der Waals surface area contributed by atoms with Crippen LogP contribution in [0.3, 0.4) is 0 Å². The second kappa shape index (κ2) is 8.47. The molecule has 0 radical (unpaired) electrons. The van der Waals surface area contributed by atoms with Crippen LogP contribution < -0.4 is 5.32 Å². The molecule has 8 heteroatoms. The summed E-state index contributed by atoms with van der Waals surface area (Å²) < 4.78 is 15.7. The fraction of sp³-hybridized carbons (Fsp3) is 0.250. The third kappa shape index (κ3) is 3.85. The van der Waals surface area contributed by atoms with E-state index in [4.69, 9.17) is 0 Å². The fourth-order valence-corrected chi connectivity index (χ4v) is 4.13. The Morgan fingerprint density at radius 2 is 2.03 bits per heavy atom. The number of fused-ring (bicyclic) bond motifs is 1. The van der Waals surface area contributed by atoms with Gasteiger partial charge in [-0.1, -0.05) is 6.58 Å². The molecule has 0 saturated carbocycles. The maximum atomic E-state index is 15.7. The first kappa shape index (κ1) is 20.3. The minimum absolute atomic E-state index is 0.254. The molecule has 162 valence electrons. The van der Waals surface area contributed by atoms with Gasteiger partial charge in [-0.3, -0.25) is 25.0 Å². The second-order valence-corrected chi connectivity index (χ2v) is 8.14. The summed E-state index contributed by atoms with van der Waals surface area (Å²) in [5.41, 5.74) is 5.17. The van der Waals surface area contributed by atoms with Crippen molar-refractivity contribution in [3.05, 3.63) is 72.3 Å². The summed E-state index contributed by atoms with van der Waals surface area (Å²) in [6.45, 7) is 9.01. The van der Waals surface area contributed by atoms with Crippen LogP contribution in [-0.2, 0) is 6.54 Å². The van der Waals surface area contributed by atoms with Gasteiger partial charge < -0.3 is 5.32 Å². The van der Waals surface area contributed by atoms with Gasteiger partial charge in [0.05, 0.1) is 22.8 Å². The molecule has 4 aromatic heterocycles. The van der Waals surface area contributed by atoms with E-state index in [1.54, 1.807) is 24.8 Å². The van der Waals surface area contributed by atoms with Gasteiger partial charge in [-0.05, 0) is 56.1 Å². The minimum atomic E-state index is -0.444. The van der Waals surface area contributed by atoms with E-state index < -0.39 is 5.82 Å². The van der Waals surface area contributed by atoms with E-state index in [2.05, 4.69) is 41.9 Å². The van der Waals surface area contributed by atoms with Crippen LogP contribution in [0.15, 0.2) is 49.7 Å². The van der Waals surface area contributed by atoms with Gasteiger partial charge in [-0.2, -0.15) is 5.10 Å². The number of rotatable bonds is 6. The van der Waals surface area contributed by atoms with Crippen molar-refractivity contribution in [3.8, 4) is 11.3 Å². The monoisotopic (exact) mass is 429 g/mol. The largest absolute Gasteiger partial charge is 0.354 e. The second-order valence-electron chi connectivity index (χ2n) is 8.14. The van der Waals surface area contributed by atoms with E-state index in [0.29, 0.717) is 27.9 Å². The molecule has 0 atom stereocenters. The third-order valence-electron chi connectivity index (χ3n) is 5.81. The van der Waals surface area contributed by atoms with Crippen molar-refractivity contribution in [2.75, 3.05) is 18.4 Å². The molecule has 0 aliphatic carbocycles. The van der Waals surface area contributed by atoms with Gasteiger partial charge in [0, 0.05) is 42.6 Å². The zero-order chi connectivity index (χ0) is 22.1. The zero-order valence-electron chi connectivity index (χ0n) is 17.9. The topological polar surface area (TPSA) is 82.6 Å². The molecular formula is C24H24FN7. The highest BCUT2D eigenvalue weighted by atomic mass is 19.1. The number of aromatic amines is 1. The molecule has 1 aliphatic heterocycles. The number of nitrogens with one attached hydrogen (secondary N) is 2. The van der Waals surface area contributed by atoms with Gasteiger partial charge in [0.1, 0.15) is 11.4 Å². The summed E-state index contributed by atoms with van der Waals surface area (Å²) in [7, 11) is 0. The molecule has 1 fully saturated rings. The van der Waals surface area contributed by atoms with E-state index in [-0.39, 0.29) is 5.69 Å². The lowest BCUT2D eigenvalue weighted by Crippen LogP contribution is -2.18. The maximum absolute atomic E-state index is 15.7. The number of hydrogen-bond donors (Lipinski definition) is 2. The van der Waals surface area contributed by atoms with Crippen LogP contribution in [0.4, 0.5) is 10.1 Å². The SMILES string of the molecule is C=C(Nc1ccncc1C)c1n[nH]c2cnc(-c3cncc(CN4CCCC4)c3)c(F)c12. The predicted molar refractivity (Wildman–Crippen MR) is 123 cm³/mol. The van der Waals surface area contributed by atoms with Crippen molar-refractivity contribution in [1.82, 2.24) is 30.0 Å². The van der Waals surface area contributed by atoms with Crippen molar-refractivity contribution in [1.29, 1.82) is 0 Å². The van der Waals surface area contributed by atoms with Crippen molar-refractivity contribution in [2.45, 2.75) is 26.3 Å². The van der Waals surface area contributed by atoms with Gasteiger partial charge >= 0.3 is 0 Å². The molecule has 0 spiro atoms. The van der Waals surface area contributed by atoms with Gasteiger partial charge in [0.25, 0.3) is 0 Å². The van der Waals surface area contributed by atoms with Gasteiger partial charge in [-0.25, -0.2) is 4.39 Å². The van der Waals surface area contributed by atoms with Crippen LogP contribution in [0.2, 0.25) is 0 Å². The number of halogens is 1. The summed E-state index contributed by atoms with van der Waals surface area (Å²) >= 11 is 0. The highest BCUT2D eigenvalue weighted by Crippen LogP contribution is 2.31. The molecule has 1 aliphatic rings. The summed E-state index contributed by atoms with van der Waals surface area (Å²) in [4.78, 5) is 15.2. The Kier molecular flexibility index (Phi) is 5.36. The number of aryl methyl sites for hydroxylation is 1. The first-order valence-corrected chi connectivity index (χ1v) is 10.7. The van der Waals surface area contributed by atoms with Crippen molar-refractivity contribution in [3.63, 3.8) is 0 Å². The first-order chi connectivity index (χ1) is 15.6. The number of nitrogens with zero attached hydrogens (tertiary/aromatic N) is 5. The normalized spacial score (nSPS) is 14.2. The number of anilines is 1. The third-order valence-corrected chi connectivity index (χ3v) is 5.81. The Morgan fingerprint density at radius 1 is 1.19 bits per heavy atom. The minimum Gasteiger partial charge on any atom is -0.354 e. The Bertz CT molecular complexity index is 1290. The van der Waals surface area contributed by atoms with Crippen molar-refractivity contribution < 1.29 is 4.39 Å². The van der Waals surface area contributed by atoms with Gasteiger partial charge in [0.2, 0.25) is 0 Å². The van der Waals surface area contributed by atoms with Crippen LogP contribution in [0.1, 0.15) is 29.7 Å². The molecule has 0 amide bonds. The predicted octanol–water partition coefficient (Wildman–Crippen LogP) is 4.54. The number of pyridine rings is 3. The maximum Gasteiger partial charge on any atom is 0.161 e. The summed E-state index contributed by atoms with van der Waals surface area (Å²) in [5, 5.41) is 10.7. The van der Waals surface area contributed by atoms with E-state index in [0.717, 1.165) is 36.4 Å². The van der Waals surface area contributed by atoms with E-state index in [1.807, 2.05) is 25.3 Å². The number of likely N-dealkylation sites (tertiary alicyclic amines) is 1. The van der Waals surface area contributed by atoms with Gasteiger partial charge in [-0.15, -0.1) is 0 Å². The number of hydrogen-bond acceptors (Lipinski definition) is 6. The van der Waals surface area contributed by atoms with Gasteiger partial charge in [0.15, 0.2) is 5.82 Å². The average Bonchev–Trinajstić information content (AvgIpc) is 3.46. The Morgan fingerprint density at radius 3 is 2.84 bits per heavy atom. The van der Waals surface area contributed by atoms with E-state index in [1.165, 1.54) is 12.8 Å². The van der Waals surface area contributed by atoms with E-state index >= 15 is 4.39 Å². The first-order valence-electron chi connectivity index (χ1n) is 10.7. The standard InChI is InChI=1S/C24H24FN7/c1-15-10-26-6-5-19(15)29-16(2)23-21-20(30-31-23)13-28-24(22(21)25)18-9-17(11-27-12-18)14-32-7-3-4-8-32/h5-6,9-13H,2-4,7-8,14H2,1H3,(H,26,29)(H,30,31). The van der Waals surface area contributed by atoms with Crippen LogP contribution in [0.5, 0.6) is 0 Å². The quantitative estimate of drug-likeness (QED) is 0.468. The molecule has 1 saturated heterocycles. The molecule has 7 nitrogen and oxygen atoms in total. The Labute approximate surface area is 185 Å². The number of aromatic nitrogens is 5. The molecule has 0 aromatic carbocycles. The molecule has 2 N–H and O–H groups in total. The smallest absolute Gasteiger partial charge is 0.161 e. The Balaban J connectivity index is 1.49. The lowest BCUT2D eigenvalue weighted by Gasteiger charge is -2.15. The molecule has 32 heavy (non-hydrogen) atoms. The summed E-state index contributed by atoms with van der Waals surface area (Å²) in [5.74, 6) is -0.444. The molecule has 4 aromatic rings.